The minimum absolute atomic E-state index is 0.191. The van der Waals surface area contributed by atoms with Crippen molar-refractivity contribution in [3.05, 3.63) is 47.2 Å². The number of anilines is 1. The van der Waals surface area contributed by atoms with E-state index in [0.29, 0.717) is 23.6 Å². The van der Waals surface area contributed by atoms with Gasteiger partial charge in [0.15, 0.2) is 0 Å². The second-order valence-corrected chi connectivity index (χ2v) is 4.85. The molecule has 0 aliphatic heterocycles. The van der Waals surface area contributed by atoms with Crippen LogP contribution in [0.15, 0.2) is 24.5 Å². The first kappa shape index (κ1) is 14.9. The van der Waals surface area contributed by atoms with Gasteiger partial charge in [0.25, 0.3) is 5.91 Å². The zero-order valence-electron chi connectivity index (χ0n) is 12.3. The molecule has 110 valence electrons. The molecule has 0 unspecified atom stereocenters. The number of aryl methyl sites for hydroxylation is 2. The molecule has 0 aromatic carbocycles. The molecule has 21 heavy (non-hydrogen) atoms. The summed E-state index contributed by atoms with van der Waals surface area (Å²) in [7, 11) is 0. The Morgan fingerprint density at radius 3 is 2.71 bits per heavy atom. The van der Waals surface area contributed by atoms with Gasteiger partial charge >= 0.3 is 0 Å². The molecule has 0 spiro atoms. The van der Waals surface area contributed by atoms with Crippen LogP contribution in [0.25, 0.3) is 0 Å². The van der Waals surface area contributed by atoms with Crippen LogP contribution in [0.3, 0.4) is 0 Å². The summed E-state index contributed by atoms with van der Waals surface area (Å²) in [6, 6.07) is 3.35. The van der Waals surface area contributed by atoms with E-state index >= 15 is 0 Å². The average Bonchev–Trinajstić information content (AvgIpc) is 2.46. The number of nitrogens with one attached hydrogen (secondary N) is 1. The van der Waals surface area contributed by atoms with E-state index in [9.17, 15) is 4.79 Å². The van der Waals surface area contributed by atoms with Gasteiger partial charge in [-0.25, -0.2) is 4.98 Å². The molecule has 0 aliphatic carbocycles. The molecule has 0 radical (unpaired) electrons. The van der Waals surface area contributed by atoms with Gasteiger partial charge in [-0.3, -0.25) is 14.8 Å². The second kappa shape index (κ2) is 6.78. The number of nitrogen functional groups attached to an aromatic ring is 1. The van der Waals surface area contributed by atoms with Gasteiger partial charge in [-0.15, -0.1) is 0 Å². The first-order chi connectivity index (χ1) is 10.1. The number of carbonyl (C=O) groups is 1. The normalized spacial score (nSPS) is 10.4. The fourth-order valence-corrected chi connectivity index (χ4v) is 1.91. The van der Waals surface area contributed by atoms with Gasteiger partial charge in [0.05, 0.1) is 24.1 Å². The highest BCUT2D eigenvalue weighted by Gasteiger charge is 2.09. The predicted octanol–water partition coefficient (Wildman–Crippen LogP) is 1.64. The van der Waals surface area contributed by atoms with Gasteiger partial charge in [-0.2, -0.15) is 0 Å². The van der Waals surface area contributed by atoms with Gasteiger partial charge in [-0.1, -0.05) is 13.3 Å². The molecule has 2 heterocycles. The van der Waals surface area contributed by atoms with Crippen molar-refractivity contribution in [3.8, 4) is 0 Å². The van der Waals surface area contributed by atoms with Gasteiger partial charge in [-0.05, 0) is 25.5 Å². The van der Waals surface area contributed by atoms with Crippen molar-refractivity contribution in [2.45, 2.75) is 33.2 Å². The van der Waals surface area contributed by atoms with Crippen molar-refractivity contribution in [2.75, 3.05) is 5.73 Å². The highest BCUT2D eigenvalue weighted by molar-refractivity contribution is 5.94. The largest absolute Gasteiger partial charge is 0.384 e. The SMILES string of the molecule is CCCc1cc(C(=O)NCc2cnc(C)cn2)cc(N)n1. The lowest BCUT2D eigenvalue weighted by Gasteiger charge is -2.07. The molecule has 2 rings (SSSR count). The number of amides is 1. The fraction of sp³-hybridized carbons (Fsp3) is 0.333. The topological polar surface area (TPSA) is 93.8 Å². The summed E-state index contributed by atoms with van der Waals surface area (Å²) in [5.41, 5.74) is 8.65. The molecule has 6 nitrogen and oxygen atoms in total. The third-order valence-corrected chi connectivity index (χ3v) is 2.93. The lowest BCUT2D eigenvalue weighted by atomic mass is 10.1. The van der Waals surface area contributed by atoms with Crippen LogP contribution in [0.4, 0.5) is 5.82 Å². The summed E-state index contributed by atoms with van der Waals surface area (Å²) < 4.78 is 0. The fourth-order valence-electron chi connectivity index (χ4n) is 1.91. The maximum atomic E-state index is 12.2. The van der Waals surface area contributed by atoms with Crippen LogP contribution < -0.4 is 11.1 Å². The summed E-state index contributed by atoms with van der Waals surface area (Å²) in [6.07, 6.45) is 5.08. The van der Waals surface area contributed by atoms with E-state index in [1.165, 1.54) is 0 Å². The van der Waals surface area contributed by atoms with Crippen molar-refractivity contribution in [2.24, 2.45) is 0 Å². The maximum Gasteiger partial charge on any atom is 0.251 e. The van der Waals surface area contributed by atoms with E-state index in [1.807, 2.05) is 6.92 Å². The molecular weight excluding hydrogens is 266 g/mol. The van der Waals surface area contributed by atoms with E-state index < -0.39 is 0 Å². The summed E-state index contributed by atoms with van der Waals surface area (Å²) in [4.78, 5) is 24.7. The highest BCUT2D eigenvalue weighted by Crippen LogP contribution is 2.10. The van der Waals surface area contributed by atoms with E-state index in [0.717, 1.165) is 24.2 Å². The number of nitrogens with two attached hydrogens (primary N) is 1. The third-order valence-electron chi connectivity index (χ3n) is 2.93. The van der Waals surface area contributed by atoms with E-state index in [2.05, 4.69) is 27.2 Å². The monoisotopic (exact) mass is 285 g/mol. The zero-order chi connectivity index (χ0) is 15.2. The Hall–Kier alpha value is -2.50. The van der Waals surface area contributed by atoms with E-state index in [-0.39, 0.29) is 5.91 Å². The molecule has 0 saturated carbocycles. The molecule has 3 N–H and O–H groups in total. The average molecular weight is 285 g/mol. The quantitative estimate of drug-likeness (QED) is 0.871. The van der Waals surface area contributed by atoms with Gasteiger partial charge in [0, 0.05) is 17.5 Å². The van der Waals surface area contributed by atoms with Crippen LogP contribution in [-0.4, -0.2) is 20.9 Å². The Balaban J connectivity index is 2.04. The lowest BCUT2D eigenvalue weighted by Crippen LogP contribution is -2.24. The van der Waals surface area contributed by atoms with E-state index in [1.54, 1.807) is 24.5 Å². The molecule has 0 atom stereocenters. The van der Waals surface area contributed by atoms with Crippen LogP contribution in [-0.2, 0) is 13.0 Å². The first-order valence-electron chi connectivity index (χ1n) is 6.90. The van der Waals surface area contributed by atoms with Crippen molar-refractivity contribution in [3.63, 3.8) is 0 Å². The van der Waals surface area contributed by atoms with Crippen LogP contribution in [0, 0.1) is 6.92 Å². The van der Waals surface area contributed by atoms with Crippen molar-refractivity contribution >= 4 is 11.7 Å². The van der Waals surface area contributed by atoms with Crippen molar-refractivity contribution < 1.29 is 4.79 Å². The molecule has 1 amide bonds. The van der Waals surface area contributed by atoms with Crippen LogP contribution in [0.5, 0.6) is 0 Å². The van der Waals surface area contributed by atoms with Crippen LogP contribution in [0.1, 0.15) is 40.8 Å². The molecule has 0 aliphatic rings. The van der Waals surface area contributed by atoms with E-state index in [4.69, 9.17) is 5.73 Å². The number of hydrogen-bond donors (Lipinski definition) is 2. The number of nitrogens with zero attached hydrogens (tertiary/aromatic N) is 3. The van der Waals surface area contributed by atoms with Gasteiger partial charge < -0.3 is 11.1 Å². The summed E-state index contributed by atoms with van der Waals surface area (Å²) in [6.45, 7) is 4.25. The summed E-state index contributed by atoms with van der Waals surface area (Å²) >= 11 is 0. The summed E-state index contributed by atoms with van der Waals surface area (Å²) in [5.74, 6) is 0.171. The summed E-state index contributed by atoms with van der Waals surface area (Å²) in [5, 5.41) is 2.81. The van der Waals surface area contributed by atoms with Crippen molar-refractivity contribution in [1.82, 2.24) is 20.3 Å². The number of carbonyl (C=O) groups excluding carboxylic acids is 1. The van der Waals surface area contributed by atoms with Gasteiger partial charge in [0.1, 0.15) is 5.82 Å². The molecule has 6 heteroatoms. The minimum atomic E-state index is -0.191. The molecule has 0 saturated heterocycles. The molecule has 2 aromatic rings. The Morgan fingerprint density at radius 2 is 2.05 bits per heavy atom. The number of rotatable bonds is 5. The molecular formula is C15H19N5O. The first-order valence-corrected chi connectivity index (χ1v) is 6.90. The number of aromatic nitrogens is 3. The molecule has 0 bridgehead atoms. The standard InChI is InChI=1S/C15H19N5O/c1-3-4-12-5-11(6-14(16)20-12)15(21)19-9-13-8-17-10(2)7-18-13/h5-8H,3-4,9H2,1-2H3,(H2,16,20)(H,19,21). The predicted molar refractivity (Wildman–Crippen MR) is 80.6 cm³/mol. The second-order valence-electron chi connectivity index (χ2n) is 4.85. The number of pyridine rings is 1. The highest BCUT2D eigenvalue weighted by atomic mass is 16.1. The zero-order valence-corrected chi connectivity index (χ0v) is 12.3. The minimum Gasteiger partial charge on any atom is -0.384 e. The van der Waals surface area contributed by atoms with Crippen LogP contribution in [0.2, 0.25) is 0 Å². The maximum absolute atomic E-state index is 12.2. The van der Waals surface area contributed by atoms with Gasteiger partial charge in [0.2, 0.25) is 0 Å². The third kappa shape index (κ3) is 4.24. The molecule has 2 aromatic heterocycles. The van der Waals surface area contributed by atoms with Crippen LogP contribution >= 0.6 is 0 Å². The Bertz CT molecular complexity index is 624. The Labute approximate surface area is 123 Å². The molecule has 0 fully saturated rings. The smallest absolute Gasteiger partial charge is 0.251 e. The number of hydrogen-bond acceptors (Lipinski definition) is 5. The van der Waals surface area contributed by atoms with Crippen molar-refractivity contribution in [1.29, 1.82) is 0 Å². The Morgan fingerprint density at radius 1 is 1.24 bits per heavy atom. The lowest BCUT2D eigenvalue weighted by molar-refractivity contribution is 0.0950. The Kier molecular flexibility index (Phi) is 4.81.